The van der Waals surface area contributed by atoms with Crippen molar-refractivity contribution < 1.29 is 27.5 Å². The van der Waals surface area contributed by atoms with Gasteiger partial charge in [0.1, 0.15) is 11.5 Å². The minimum Gasteiger partial charge on any atom is -0.497 e. The number of nitrogens with zero attached hydrogens (tertiary/aromatic N) is 1. The van der Waals surface area contributed by atoms with Crippen LogP contribution in [-0.4, -0.2) is 52.4 Å². The van der Waals surface area contributed by atoms with Crippen molar-refractivity contribution >= 4 is 27.5 Å². The lowest BCUT2D eigenvalue weighted by molar-refractivity contribution is -0.121. The van der Waals surface area contributed by atoms with Gasteiger partial charge in [0.2, 0.25) is 15.9 Å². The quantitative estimate of drug-likeness (QED) is 0.695. The number of sulfonamides is 1. The van der Waals surface area contributed by atoms with Crippen LogP contribution in [0, 0.1) is 5.92 Å². The smallest absolute Gasteiger partial charge is 0.254 e. The summed E-state index contributed by atoms with van der Waals surface area (Å²) in [5.74, 6) is 0.505. The Hall–Kier alpha value is -3.11. The molecule has 1 heterocycles. The van der Waals surface area contributed by atoms with E-state index in [-0.39, 0.29) is 22.6 Å². The minimum absolute atomic E-state index is 0.0218. The first-order valence-corrected chi connectivity index (χ1v) is 11.2. The molecule has 2 aromatic rings. The zero-order chi connectivity index (χ0) is 22.6. The number of ether oxygens (including phenoxy) is 2. The van der Waals surface area contributed by atoms with Crippen LogP contribution in [0.5, 0.6) is 11.5 Å². The molecule has 0 bridgehead atoms. The van der Waals surface area contributed by atoms with Gasteiger partial charge in [-0.1, -0.05) is 0 Å². The predicted octanol–water partition coefficient (Wildman–Crippen LogP) is 1.84. The average molecular weight is 448 g/mol. The van der Waals surface area contributed by atoms with Crippen molar-refractivity contribution in [1.29, 1.82) is 0 Å². The molecule has 3 rings (SSSR count). The first-order chi connectivity index (χ1) is 14.7. The molecule has 2 amide bonds. The van der Waals surface area contributed by atoms with Gasteiger partial charge in [-0.15, -0.1) is 0 Å². The first-order valence-electron chi connectivity index (χ1n) is 9.67. The Labute approximate surface area is 181 Å². The van der Waals surface area contributed by atoms with Crippen LogP contribution in [0.1, 0.15) is 23.2 Å². The van der Waals surface area contributed by atoms with E-state index in [0.29, 0.717) is 48.7 Å². The van der Waals surface area contributed by atoms with Gasteiger partial charge in [-0.05, 0) is 49.2 Å². The number of hydrogen-bond acceptors (Lipinski definition) is 6. The topological polar surface area (TPSA) is 128 Å². The number of amides is 2. The number of carbonyl (C=O) groups excluding carboxylic acids is 2. The molecule has 1 fully saturated rings. The summed E-state index contributed by atoms with van der Waals surface area (Å²) in [5.41, 5.74) is 0.952. The van der Waals surface area contributed by atoms with E-state index in [1.54, 1.807) is 23.1 Å². The van der Waals surface area contributed by atoms with Crippen molar-refractivity contribution in [2.75, 3.05) is 32.6 Å². The van der Waals surface area contributed by atoms with Crippen LogP contribution in [0.4, 0.5) is 5.69 Å². The second kappa shape index (κ2) is 9.36. The van der Waals surface area contributed by atoms with Crippen molar-refractivity contribution in [2.45, 2.75) is 17.7 Å². The van der Waals surface area contributed by atoms with Crippen molar-refractivity contribution in [3.05, 3.63) is 48.0 Å². The first kappa shape index (κ1) is 22.6. The molecule has 0 unspecified atom stereocenters. The maximum Gasteiger partial charge on any atom is 0.254 e. The van der Waals surface area contributed by atoms with E-state index in [1.807, 2.05) is 0 Å². The van der Waals surface area contributed by atoms with Crippen LogP contribution in [0.3, 0.4) is 0 Å². The fourth-order valence-corrected chi connectivity index (χ4v) is 3.95. The Morgan fingerprint density at radius 3 is 2.03 bits per heavy atom. The number of nitrogens with two attached hydrogens (primary N) is 1. The summed E-state index contributed by atoms with van der Waals surface area (Å²) in [6.07, 6.45) is 1.04. The molecule has 0 saturated carbocycles. The standard InChI is InChI=1S/C21H25N3O6S/c1-29-17-11-15(12-18(13-17)30-2)21(26)24-9-7-14(8-10-24)20(25)23-16-3-5-19(6-4-16)31(22,27)28/h3-6,11-14H,7-10H2,1-2H3,(H,23,25)(H2,22,27,28). The van der Waals surface area contributed by atoms with E-state index < -0.39 is 10.0 Å². The SMILES string of the molecule is COc1cc(OC)cc(C(=O)N2CCC(C(=O)Nc3ccc(S(N)(=O)=O)cc3)CC2)c1. The number of likely N-dealkylation sites (tertiary alicyclic amines) is 1. The third-order valence-corrected chi connectivity index (χ3v) is 6.13. The Balaban J connectivity index is 1.59. The molecule has 166 valence electrons. The van der Waals surface area contributed by atoms with Crippen LogP contribution in [0.25, 0.3) is 0 Å². The molecule has 31 heavy (non-hydrogen) atoms. The van der Waals surface area contributed by atoms with Crippen LogP contribution in [-0.2, 0) is 14.8 Å². The number of carbonyl (C=O) groups is 2. The Bertz CT molecular complexity index is 1040. The van der Waals surface area contributed by atoms with E-state index in [4.69, 9.17) is 14.6 Å². The van der Waals surface area contributed by atoms with Gasteiger partial charge >= 0.3 is 0 Å². The molecule has 0 aromatic heterocycles. The molecule has 1 saturated heterocycles. The van der Waals surface area contributed by atoms with Crippen LogP contribution < -0.4 is 19.9 Å². The highest BCUT2D eigenvalue weighted by molar-refractivity contribution is 7.89. The minimum atomic E-state index is -3.78. The summed E-state index contributed by atoms with van der Waals surface area (Å²) in [6.45, 7) is 0.890. The van der Waals surface area contributed by atoms with E-state index in [9.17, 15) is 18.0 Å². The molecule has 1 aliphatic heterocycles. The molecule has 9 nitrogen and oxygen atoms in total. The molecule has 3 N–H and O–H groups in total. The van der Waals surface area contributed by atoms with Gasteiger partial charge in [0.15, 0.2) is 0 Å². The largest absolute Gasteiger partial charge is 0.497 e. The monoisotopic (exact) mass is 447 g/mol. The zero-order valence-corrected chi connectivity index (χ0v) is 18.1. The zero-order valence-electron chi connectivity index (χ0n) is 17.3. The van der Waals surface area contributed by atoms with Crippen molar-refractivity contribution in [3.63, 3.8) is 0 Å². The Morgan fingerprint density at radius 2 is 1.55 bits per heavy atom. The molecule has 0 atom stereocenters. The van der Waals surface area contributed by atoms with Gasteiger partial charge in [-0.2, -0.15) is 0 Å². The van der Waals surface area contributed by atoms with Gasteiger partial charge in [0.05, 0.1) is 19.1 Å². The number of hydrogen-bond donors (Lipinski definition) is 2. The third kappa shape index (κ3) is 5.53. The van der Waals surface area contributed by atoms with Crippen LogP contribution in [0.2, 0.25) is 0 Å². The summed E-state index contributed by atoms with van der Waals surface area (Å²) in [5, 5.41) is 7.86. The predicted molar refractivity (Wildman–Crippen MR) is 115 cm³/mol. The number of primary sulfonamides is 1. The third-order valence-electron chi connectivity index (χ3n) is 5.20. The molecule has 0 radical (unpaired) electrons. The average Bonchev–Trinajstić information content (AvgIpc) is 2.78. The molecular formula is C21H25N3O6S. The van der Waals surface area contributed by atoms with E-state index in [1.165, 1.54) is 38.5 Å². The maximum atomic E-state index is 12.9. The van der Waals surface area contributed by atoms with Gasteiger partial charge in [0, 0.05) is 36.3 Å². The summed E-state index contributed by atoms with van der Waals surface area (Å²) < 4.78 is 33.1. The van der Waals surface area contributed by atoms with Gasteiger partial charge in [-0.25, -0.2) is 13.6 Å². The number of rotatable bonds is 6. The second-order valence-electron chi connectivity index (χ2n) is 7.23. The summed E-state index contributed by atoms with van der Waals surface area (Å²) in [4.78, 5) is 27.1. The van der Waals surface area contributed by atoms with Gasteiger partial charge < -0.3 is 19.7 Å². The highest BCUT2D eigenvalue weighted by Crippen LogP contribution is 2.26. The normalized spacial score (nSPS) is 14.7. The molecule has 0 spiro atoms. The number of anilines is 1. The summed E-state index contributed by atoms with van der Waals surface area (Å²) in [7, 11) is -0.734. The van der Waals surface area contributed by atoms with E-state index >= 15 is 0 Å². The molecule has 2 aromatic carbocycles. The van der Waals surface area contributed by atoms with E-state index in [0.717, 1.165) is 0 Å². The van der Waals surface area contributed by atoms with E-state index in [2.05, 4.69) is 5.32 Å². The highest BCUT2D eigenvalue weighted by atomic mass is 32.2. The second-order valence-corrected chi connectivity index (χ2v) is 8.79. The molecule has 0 aliphatic carbocycles. The maximum absolute atomic E-state index is 12.9. The Morgan fingerprint density at radius 1 is 1.00 bits per heavy atom. The lowest BCUT2D eigenvalue weighted by Crippen LogP contribution is -2.41. The van der Waals surface area contributed by atoms with Crippen LogP contribution in [0.15, 0.2) is 47.4 Å². The summed E-state index contributed by atoms with van der Waals surface area (Å²) in [6, 6.07) is 10.7. The molecule has 10 heteroatoms. The number of piperidine rings is 1. The van der Waals surface area contributed by atoms with Crippen molar-refractivity contribution in [3.8, 4) is 11.5 Å². The molecule has 1 aliphatic rings. The lowest BCUT2D eigenvalue weighted by Gasteiger charge is -2.31. The highest BCUT2D eigenvalue weighted by Gasteiger charge is 2.28. The number of benzene rings is 2. The molecular weight excluding hydrogens is 422 g/mol. The van der Waals surface area contributed by atoms with Crippen molar-refractivity contribution in [1.82, 2.24) is 4.90 Å². The van der Waals surface area contributed by atoms with Crippen LogP contribution >= 0.6 is 0 Å². The Kier molecular flexibility index (Phi) is 6.81. The fraction of sp³-hybridized carbons (Fsp3) is 0.333. The van der Waals surface area contributed by atoms with Crippen molar-refractivity contribution in [2.24, 2.45) is 11.1 Å². The number of nitrogens with one attached hydrogen (secondary N) is 1. The lowest BCUT2D eigenvalue weighted by atomic mass is 9.95. The fourth-order valence-electron chi connectivity index (χ4n) is 3.43. The number of methoxy groups -OCH3 is 2. The van der Waals surface area contributed by atoms with Gasteiger partial charge in [-0.3, -0.25) is 9.59 Å². The summed E-state index contributed by atoms with van der Waals surface area (Å²) >= 11 is 0. The van der Waals surface area contributed by atoms with Gasteiger partial charge in [0.25, 0.3) is 5.91 Å².